The Balaban J connectivity index is 1.99. The van der Waals surface area contributed by atoms with Crippen molar-refractivity contribution in [3.63, 3.8) is 0 Å². The van der Waals surface area contributed by atoms with Crippen LogP contribution >= 0.6 is 0 Å². The molecule has 1 aliphatic heterocycles. The number of nitrogens with two attached hydrogens (primary N) is 1. The average molecular weight is 213 g/mol. The smallest absolute Gasteiger partial charge is 0.0509 e. The zero-order valence-corrected chi connectivity index (χ0v) is 10.2. The third-order valence-corrected chi connectivity index (χ3v) is 3.44. The molecular weight excluding hydrogens is 186 g/mol. The molecule has 1 rings (SSSR count). The average Bonchev–Trinajstić information content (AvgIpc) is 2.30. The highest BCUT2D eigenvalue weighted by Gasteiger charge is 2.20. The molecule has 0 aliphatic carbocycles. The Bertz CT molecular complexity index is 143. The van der Waals surface area contributed by atoms with Crippen LogP contribution in [0.25, 0.3) is 0 Å². The molecule has 1 aliphatic rings. The van der Waals surface area contributed by atoms with Crippen LogP contribution in [0.2, 0.25) is 0 Å². The number of ether oxygens (including phenoxy) is 1. The van der Waals surface area contributed by atoms with Crippen LogP contribution in [0.4, 0.5) is 0 Å². The van der Waals surface area contributed by atoms with Crippen LogP contribution in [-0.2, 0) is 4.74 Å². The van der Waals surface area contributed by atoms with Crippen LogP contribution in [-0.4, -0.2) is 19.3 Å². The topological polar surface area (TPSA) is 35.2 Å². The fraction of sp³-hybridized carbons (Fsp3) is 1.00. The third kappa shape index (κ3) is 5.53. The van der Waals surface area contributed by atoms with Crippen molar-refractivity contribution in [1.29, 1.82) is 0 Å². The highest BCUT2D eigenvalue weighted by atomic mass is 16.5. The fourth-order valence-electron chi connectivity index (χ4n) is 2.32. The molecule has 90 valence electrons. The van der Waals surface area contributed by atoms with E-state index in [0.29, 0.717) is 12.0 Å². The van der Waals surface area contributed by atoms with E-state index in [9.17, 15) is 0 Å². The maximum Gasteiger partial charge on any atom is 0.0509 e. The Morgan fingerprint density at radius 2 is 2.07 bits per heavy atom. The van der Waals surface area contributed by atoms with E-state index in [0.717, 1.165) is 13.2 Å². The lowest BCUT2D eigenvalue weighted by Crippen LogP contribution is -2.35. The summed E-state index contributed by atoms with van der Waals surface area (Å²) in [6, 6.07) is 0.381. The van der Waals surface area contributed by atoms with Gasteiger partial charge in [-0.05, 0) is 25.2 Å². The summed E-state index contributed by atoms with van der Waals surface area (Å²) in [6.45, 7) is 4.10. The standard InChI is InChI=1S/C13H27NO/c1-2-3-4-5-6-9-13(14)12-8-7-10-15-11-12/h12-13H,2-11,14H2,1H3. The zero-order chi connectivity index (χ0) is 10.9. The monoisotopic (exact) mass is 213 g/mol. The molecule has 2 nitrogen and oxygen atoms in total. The largest absolute Gasteiger partial charge is 0.381 e. The Morgan fingerprint density at radius 3 is 2.73 bits per heavy atom. The molecule has 0 aromatic carbocycles. The zero-order valence-electron chi connectivity index (χ0n) is 10.2. The minimum Gasteiger partial charge on any atom is -0.381 e. The molecule has 0 spiro atoms. The van der Waals surface area contributed by atoms with Crippen molar-refractivity contribution in [3.05, 3.63) is 0 Å². The van der Waals surface area contributed by atoms with Crippen LogP contribution in [0.15, 0.2) is 0 Å². The van der Waals surface area contributed by atoms with Gasteiger partial charge in [-0.3, -0.25) is 0 Å². The van der Waals surface area contributed by atoms with Gasteiger partial charge in [0.25, 0.3) is 0 Å². The molecule has 0 amide bonds. The Kier molecular flexibility index (Phi) is 7.03. The minimum absolute atomic E-state index is 0.381. The molecule has 0 radical (unpaired) electrons. The first-order chi connectivity index (χ1) is 7.34. The van der Waals surface area contributed by atoms with Gasteiger partial charge < -0.3 is 10.5 Å². The van der Waals surface area contributed by atoms with Crippen LogP contribution in [0.1, 0.15) is 58.3 Å². The SMILES string of the molecule is CCCCCCCC(N)C1CCCOC1. The number of hydrogen-bond donors (Lipinski definition) is 1. The van der Waals surface area contributed by atoms with Crippen molar-refractivity contribution < 1.29 is 4.74 Å². The molecule has 0 bridgehead atoms. The lowest BCUT2D eigenvalue weighted by molar-refractivity contribution is 0.0435. The summed E-state index contributed by atoms with van der Waals surface area (Å²) >= 11 is 0. The quantitative estimate of drug-likeness (QED) is 0.660. The molecule has 0 aromatic rings. The fourth-order valence-corrected chi connectivity index (χ4v) is 2.32. The lowest BCUT2D eigenvalue weighted by Gasteiger charge is -2.27. The molecule has 0 aromatic heterocycles. The molecule has 15 heavy (non-hydrogen) atoms. The van der Waals surface area contributed by atoms with Crippen molar-refractivity contribution in [2.75, 3.05) is 13.2 Å². The van der Waals surface area contributed by atoms with Gasteiger partial charge in [0.1, 0.15) is 0 Å². The van der Waals surface area contributed by atoms with E-state index in [4.69, 9.17) is 10.5 Å². The maximum atomic E-state index is 6.18. The Labute approximate surface area is 94.6 Å². The molecule has 1 heterocycles. The van der Waals surface area contributed by atoms with Gasteiger partial charge in [-0.15, -0.1) is 0 Å². The van der Waals surface area contributed by atoms with Gasteiger partial charge in [-0.25, -0.2) is 0 Å². The minimum atomic E-state index is 0.381. The molecule has 0 saturated carbocycles. The lowest BCUT2D eigenvalue weighted by atomic mass is 9.90. The first kappa shape index (κ1) is 13.0. The van der Waals surface area contributed by atoms with Gasteiger partial charge in [0, 0.05) is 12.6 Å². The van der Waals surface area contributed by atoms with E-state index in [1.54, 1.807) is 0 Å². The first-order valence-corrected chi connectivity index (χ1v) is 6.68. The predicted molar refractivity (Wildman–Crippen MR) is 64.9 cm³/mol. The van der Waals surface area contributed by atoms with Crippen molar-refractivity contribution in [3.8, 4) is 0 Å². The molecular formula is C13H27NO. The highest BCUT2D eigenvalue weighted by Crippen LogP contribution is 2.19. The van der Waals surface area contributed by atoms with Crippen LogP contribution in [0.3, 0.4) is 0 Å². The van der Waals surface area contributed by atoms with Crippen molar-refractivity contribution in [1.82, 2.24) is 0 Å². The number of hydrogen-bond acceptors (Lipinski definition) is 2. The summed E-state index contributed by atoms with van der Waals surface area (Å²) in [7, 11) is 0. The highest BCUT2D eigenvalue weighted by molar-refractivity contribution is 4.75. The maximum absolute atomic E-state index is 6.18. The second-order valence-corrected chi connectivity index (χ2v) is 4.84. The normalized spacial score (nSPS) is 24.0. The van der Waals surface area contributed by atoms with Gasteiger partial charge in [-0.1, -0.05) is 39.0 Å². The number of unbranched alkanes of at least 4 members (excludes halogenated alkanes) is 4. The van der Waals surface area contributed by atoms with Gasteiger partial charge in [0.05, 0.1) is 6.61 Å². The molecule has 2 atom stereocenters. The molecule has 2 N–H and O–H groups in total. The van der Waals surface area contributed by atoms with Crippen molar-refractivity contribution in [2.24, 2.45) is 11.7 Å². The van der Waals surface area contributed by atoms with Gasteiger partial charge >= 0.3 is 0 Å². The predicted octanol–water partition coefficient (Wildman–Crippen LogP) is 3.10. The van der Waals surface area contributed by atoms with E-state index in [-0.39, 0.29) is 0 Å². The summed E-state index contributed by atoms with van der Waals surface area (Å²) in [4.78, 5) is 0. The molecule has 1 fully saturated rings. The van der Waals surface area contributed by atoms with Crippen molar-refractivity contribution in [2.45, 2.75) is 64.3 Å². The summed E-state index contributed by atoms with van der Waals surface area (Å²) in [5, 5.41) is 0. The summed E-state index contributed by atoms with van der Waals surface area (Å²) in [6.07, 6.45) is 10.4. The summed E-state index contributed by atoms with van der Waals surface area (Å²) in [5.74, 6) is 0.630. The second kappa shape index (κ2) is 8.12. The van der Waals surface area contributed by atoms with E-state index < -0.39 is 0 Å². The Morgan fingerprint density at radius 1 is 1.27 bits per heavy atom. The van der Waals surface area contributed by atoms with E-state index in [1.807, 2.05) is 0 Å². The summed E-state index contributed by atoms with van der Waals surface area (Å²) in [5.41, 5.74) is 6.18. The number of rotatable bonds is 7. The summed E-state index contributed by atoms with van der Waals surface area (Å²) < 4.78 is 5.47. The van der Waals surface area contributed by atoms with E-state index in [1.165, 1.54) is 51.4 Å². The molecule has 1 saturated heterocycles. The third-order valence-electron chi connectivity index (χ3n) is 3.44. The van der Waals surface area contributed by atoms with E-state index >= 15 is 0 Å². The first-order valence-electron chi connectivity index (χ1n) is 6.68. The van der Waals surface area contributed by atoms with Crippen molar-refractivity contribution >= 4 is 0 Å². The van der Waals surface area contributed by atoms with E-state index in [2.05, 4.69) is 6.92 Å². The molecule has 2 heteroatoms. The Hall–Kier alpha value is -0.0800. The van der Waals surface area contributed by atoms with Gasteiger partial charge in [0.15, 0.2) is 0 Å². The van der Waals surface area contributed by atoms with Gasteiger partial charge in [0.2, 0.25) is 0 Å². The van der Waals surface area contributed by atoms with Crippen LogP contribution in [0.5, 0.6) is 0 Å². The van der Waals surface area contributed by atoms with Crippen LogP contribution < -0.4 is 5.73 Å². The van der Waals surface area contributed by atoms with Crippen LogP contribution in [0, 0.1) is 5.92 Å². The molecule has 2 unspecified atom stereocenters. The van der Waals surface area contributed by atoms with Gasteiger partial charge in [-0.2, -0.15) is 0 Å². The second-order valence-electron chi connectivity index (χ2n) is 4.84.